The van der Waals surface area contributed by atoms with Crippen molar-refractivity contribution in [2.45, 2.75) is 26.4 Å². The number of aryl methyl sites for hydroxylation is 2. The Labute approximate surface area is 125 Å². The quantitative estimate of drug-likeness (QED) is 0.912. The Kier molecular flexibility index (Phi) is 4.69. The Bertz CT molecular complexity index is 588. The van der Waals surface area contributed by atoms with Crippen LogP contribution in [0.2, 0.25) is 5.02 Å². The van der Waals surface area contributed by atoms with Gasteiger partial charge >= 0.3 is 0 Å². The van der Waals surface area contributed by atoms with E-state index >= 15 is 0 Å². The lowest BCUT2D eigenvalue weighted by Crippen LogP contribution is -2.06. The molecular formula is C17H19ClO2. The maximum Gasteiger partial charge on any atom is 0.126 e. The molecule has 0 radical (unpaired) electrons. The van der Waals surface area contributed by atoms with Crippen molar-refractivity contribution in [2.24, 2.45) is 0 Å². The van der Waals surface area contributed by atoms with Gasteiger partial charge in [0, 0.05) is 17.0 Å². The first-order valence-corrected chi connectivity index (χ1v) is 6.97. The number of aliphatic hydroxyl groups excluding tert-OH is 1. The number of ether oxygens (including phenoxy) is 1. The van der Waals surface area contributed by atoms with E-state index in [9.17, 15) is 5.11 Å². The Morgan fingerprint density at radius 2 is 1.80 bits per heavy atom. The molecule has 20 heavy (non-hydrogen) atoms. The maximum atomic E-state index is 10.5. The predicted octanol–water partition coefficient (Wildman–Crippen LogP) is 4.24. The van der Waals surface area contributed by atoms with Crippen LogP contribution in [0, 0.1) is 13.8 Å². The molecule has 3 heteroatoms. The van der Waals surface area contributed by atoms with E-state index in [4.69, 9.17) is 16.3 Å². The number of halogens is 1. The van der Waals surface area contributed by atoms with Crippen molar-refractivity contribution in [1.29, 1.82) is 0 Å². The van der Waals surface area contributed by atoms with Gasteiger partial charge in [0.05, 0.1) is 13.2 Å². The zero-order chi connectivity index (χ0) is 14.7. The summed E-state index contributed by atoms with van der Waals surface area (Å²) in [6.07, 6.45) is -0.0433. The van der Waals surface area contributed by atoms with Crippen molar-refractivity contribution in [1.82, 2.24) is 0 Å². The van der Waals surface area contributed by atoms with E-state index < -0.39 is 6.10 Å². The molecule has 0 bridgehead atoms. The molecule has 0 aliphatic carbocycles. The van der Waals surface area contributed by atoms with Gasteiger partial charge < -0.3 is 9.84 Å². The number of methoxy groups -OCH3 is 1. The summed E-state index contributed by atoms with van der Waals surface area (Å²) in [6, 6.07) is 11.5. The summed E-state index contributed by atoms with van der Waals surface area (Å²) in [5.74, 6) is 0.622. The van der Waals surface area contributed by atoms with Gasteiger partial charge in [-0.2, -0.15) is 0 Å². The zero-order valence-electron chi connectivity index (χ0n) is 12.0. The van der Waals surface area contributed by atoms with E-state index in [0.29, 0.717) is 17.2 Å². The van der Waals surface area contributed by atoms with Crippen molar-refractivity contribution in [2.75, 3.05) is 7.11 Å². The van der Waals surface area contributed by atoms with Crippen LogP contribution in [0.3, 0.4) is 0 Å². The summed E-state index contributed by atoms with van der Waals surface area (Å²) in [7, 11) is 1.58. The van der Waals surface area contributed by atoms with Crippen LogP contribution in [-0.2, 0) is 6.42 Å². The molecule has 1 atom stereocenters. The standard InChI is InChI=1S/C17H19ClO2/c1-11-5-4-6-12(2)15(11)10-16(19)14-8-7-13(18)9-17(14)20-3/h4-9,16,19H,10H2,1-3H3. The third-order valence-corrected chi connectivity index (χ3v) is 3.83. The summed E-state index contributed by atoms with van der Waals surface area (Å²) < 4.78 is 5.30. The molecule has 0 aliphatic heterocycles. The number of rotatable bonds is 4. The fourth-order valence-electron chi connectivity index (χ4n) is 2.43. The van der Waals surface area contributed by atoms with Crippen LogP contribution in [0.1, 0.15) is 28.4 Å². The molecule has 2 nitrogen and oxygen atoms in total. The van der Waals surface area contributed by atoms with Gasteiger partial charge in [0.15, 0.2) is 0 Å². The van der Waals surface area contributed by atoms with Gasteiger partial charge in [-0.05, 0) is 42.7 Å². The molecule has 0 heterocycles. The van der Waals surface area contributed by atoms with Crippen LogP contribution >= 0.6 is 11.6 Å². The highest BCUT2D eigenvalue weighted by atomic mass is 35.5. The molecule has 1 N–H and O–H groups in total. The zero-order valence-corrected chi connectivity index (χ0v) is 12.7. The second-order valence-corrected chi connectivity index (χ2v) is 5.41. The first-order valence-electron chi connectivity index (χ1n) is 6.59. The molecule has 2 aromatic rings. The van der Waals surface area contributed by atoms with Crippen LogP contribution in [0.4, 0.5) is 0 Å². The SMILES string of the molecule is COc1cc(Cl)ccc1C(O)Cc1c(C)cccc1C. The van der Waals surface area contributed by atoms with E-state index in [2.05, 4.69) is 26.0 Å². The average Bonchev–Trinajstić information content (AvgIpc) is 2.42. The maximum absolute atomic E-state index is 10.5. The van der Waals surface area contributed by atoms with Crippen LogP contribution in [0.25, 0.3) is 0 Å². The summed E-state index contributed by atoms with van der Waals surface area (Å²) >= 11 is 5.95. The molecule has 0 fully saturated rings. The van der Waals surface area contributed by atoms with Gasteiger partial charge in [-0.3, -0.25) is 0 Å². The Hall–Kier alpha value is -1.51. The Morgan fingerprint density at radius 3 is 2.40 bits per heavy atom. The first kappa shape index (κ1) is 14.9. The smallest absolute Gasteiger partial charge is 0.126 e. The molecule has 2 aromatic carbocycles. The fraction of sp³-hybridized carbons (Fsp3) is 0.294. The summed E-state index contributed by atoms with van der Waals surface area (Å²) in [5, 5.41) is 11.1. The minimum atomic E-state index is -0.609. The highest BCUT2D eigenvalue weighted by molar-refractivity contribution is 6.30. The van der Waals surface area contributed by atoms with Crippen molar-refractivity contribution in [3.05, 3.63) is 63.7 Å². The van der Waals surface area contributed by atoms with E-state index in [1.165, 1.54) is 16.7 Å². The van der Waals surface area contributed by atoms with Crippen molar-refractivity contribution >= 4 is 11.6 Å². The van der Waals surface area contributed by atoms with Gasteiger partial charge in [0.25, 0.3) is 0 Å². The molecule has 106 valence electrons. The van der Waals surface area contributed by atoms with Crippen molar-refractivity contribution < 1.29 is 9.84 Å². The van der Waals surface area contributed by atoms with Crippen molar-refractivity contribution in [3.8, 4) is 5.75 Å². The lowest BCUT2D eigenvalue weighted by Gasteiger charge is -2.17. The normalized spacial score (nSPS) is 12.2. The van der Waals surface area contributed by atoms with Crippen LogP contribution in [-0.4, -0.2) is 12.2 Å². The lowest BCUT2D eigenvalue weighted by molar-refractivity contribution is 0.173. The molecule has 0 saturated heterocycles. The number of hydrogen-bond donors (Lipinski definition) is 1. The molecule has 0 aliphatic rings. The Morgan fingerprint density at radius 1 is 1.15 bits per heavy atom. The van der Waals surface area contributed by atoms with Gasteiger partial charge in [-0.15, -0.1) is 0 Å². The van der Waals surface area contributed by atoms with E-state index in [1.807, 2.05) is 12.1 Å². The van der Waals surface area contributed by atoms with Gasteiger partial charge in [-0.25, -0.2) is 0 Å². The van der Waals surface area contributed by atoms with Crippen LogP contribution in [0.5, 0.6) is 5.75 Å². The summed E-state index contributed by atoms with van der Waals surface area (Å²) in [6.45, 7) is 4.13. The highest BCUT2D eigenvalue weighted by Gasteiger charge is 2.16. The summed E-state index contributed by atoms with van der Waals surface area (Å²) in [5.41, 5.74) is 4.32. The minimum Gasteiger partial charge on any atom is -0.496 e. The van der Waals surface area contributed by atoms with Crippen LogP contribution < -0.4 is 4.74 Å². The van der Waals surface area contributed by atoms with Gasteiger partial charge in [0.1, 0.15) is 5.75 Å². The van der Waals surface area contributed by atoms with E-state index in [-0.39, 0.29) is 0 Å². The Balaban J connectivity index is 2.31. The topological polar surface area (TPSA) is 29.5 Å². The largest absolute Gasteiger partial charge is 0.496 e. The minimum absolute atomic E-state index is 0.566. The van der Waals surface area contributed by atoms with Gasteiger partial charge in [-0.1, -0.05) is 35.9 Å². The molecule has 1 unspecified atom stereocenters. The van der Waals surface area contributed by atoms with Crippen LogP contribution in [0.15, 0.2) is 36.4 Å². The molecule has 2 rings (SSSR count). The monoisotopic (exact) mass is 290 g/mol. The third kappa shape index (κ3) is 3.14. The average molecular weight is 291 g/mol. The second kappa shape index (κ2) is 6.29. The highest BCUT2D eigenvalue weighted by Crippen LogP contribution is 2.31. The number of hydrogen-bond acceptors (Lipinski definition) is 2. The van der Waals surface area contributed by atoms with Gasteiger partial charge in [0.2, 0.25) is 0 Å². The lowest BCUT2D eigenvalue weighted by atomic mass is 9.94. The fourth-order valence-corrected chi connectivity index (χ4v) is 2.60. The molecule has 0 spiro atoms. The van der Waals surface area contributed by atoms with E-state index in [1.54, 1.807) is 19.2 Å². The molecular weight excluding hydrogens is 272 g/mol. The number of benzene rings is 2. The summed E-state index contributed by atoms with van der Waals surface area (Å²) in [4.78, 5) is 0. The van der Waals surface area contributed by atoms with Crippen molar-refractivity contribution in [3.63, 3.8) is 0 Å². The molecule has 0 saturated carbocycles. The first-order chi connectivity index (χ1) is 9.52. The molecule has 0 aromatic heterocycles. The van der Waals surface area contributed by atoms with E-state index in [0.717, 1.165) is 5.56 Å². The predicted molar refractivity (Wildman–Crippen MR) is 82.6 cm³/mol. The number of aliphatic hydroxyl groups is 1. The molecule has 0 amide bonds. The third-order valence-electron chi connectivity index (χ3n) is 3.60. The second-order valence-electron chi connectivity index (χ2n) is 4.98.